The van der Waals surface area contributed by atoms with E-state index in [1.165, 1.54) is 18.2 Å². The molecule has 2 heterocycles. The van der Waals surface area contributed by atoms with Gasteiger partial charge in [0.15, 0.2) is 5.16 Å². The summed E-state index contributed by atoms with van der Waals surface area (Å²) in [5.41, 5.74) is 0.604. The summed E-state index contributed by atoms with van der Waals surface area (Å²) in [4.78, 5) is 32.0. The topological polar surface area (TPSA) is 55.2 Å². The van der Waals surface area contributed by atoms with E-state index in [0.29, 0.717) is 40.2 Å². The van der Waals surface area contributed by atoms with E-state index in [-0.39, 0.29) is 11.5 Å². The Morgan fingerprint density at radius 1 is 1.31 bits per heavy atom. The maximum Gasteiger partial charge on any atom is 0.262 e. The maximum atomic E-state index is 12.8. The molecule has 0 radical (unpaired) electrons. The summed E-state index contributed by atoms with van der Waals surface area (Å²) in [5, 5.41) is 1.20. The van der Waals surface area contributed by atoms with E-state index in [1.807, 2.05) is 24.0 Å². The Labute approximate surface area is 166 Å². The fourth-order valence-corrected chi connectivity index (χ4v) is 4.97. The van der Waals surface area contributed by atoms with Crippen molar-refractivity contribution >= 4 is 44.5 Å². The lowest BCUT2D eigenvalue weighted by Gasteiger charge is -2.35. The first-order valence-corrected chi connectivity index (χ1v) is 10.8. The third kappa shape index (κ3) is 4.14. The number of benzene rings is 1. The molecule has 3 rings (SSSR count). The van der Waals surface area contributed by atoms with Gasteiger partial charge in [-0.25, -0.2) is 4.98 Å². The molecule has 5 nitrogen and oxygen atoms in total. The summed E-state index contributed by atoms with van der Waals surface area (Å²) in [7, 11) is 0. The van der Waals surface area contributed by atoms with Crippen LogP contribution in [-0.4, -0.2) is 39.2 Å². The van der Waals surface area contributed by atoms with Gasteiger partial charge in [-0.05, 0) is 43.4 Å². The summed E-state index contributed by atoms with van der Waals surface area (Å²) < 4.78 is 2.50. The molecule has 1 aliphatic heterocycles. The van der Waals surface area contributed by atoms with Gasteiger partial charge in [0, 0.05) is 24.1 Å². The Kier molecular flexibility index (Phi) is 6.07. The molecule has 7 heteroatoms. The van der Waals surface area contributed by atoms with Crippen LogP contribution in [0.2, 0.25) is 0 Å². The first kappa shape index (κ1) is 19.4. The molecule has 2 aromatic rings. The number of rotatable bonds is 4. The van der Waals surface area contributed by atoms with Gasteiger partial charge < -0.3 is 4.90 Å². The van der Waals surface area contributed by atoms with Crippen LogP contribution in [-0.2, 0) is 11.3 Å². The second-order valence-electron chi connectivity index (χ2n) is 7.14. The molecule has 1 saturated heterocycles. The van der Waals surface area contributed by atoms with Crippen LogP contribution in [0.3, 0.4) is 0 Å². The highest BCUT2D eigenvalue weighted by Gasteiger charge is 2.25. The summed E-state index contributed by atoms with van der Waals surface area (Å²) in [6, 6.07) is 5.51. The predicted molar refractivity (Wildman–Crippen MR) is 110 cm³/mol. The van der Waals surface area contributed by atoms with E-state index in [1.54, 1.807) is 10.6 Å². The van der Waals surface area contributed by atoms with Crippen molar-refractivity contribution in [2.45, 2.75) is 38.9 Å². The van der Waals surface area contributed by atoms with Crippen molar-refractivity contribution in [1.82, 2.24) is 14.5 Å². The minimum atomic E-state index is -0.0611. The molecular formula is C19H24BrN3O2S. The van der Waals surface area contributed by atoms with Crippen molar-refractivity contribution in [3.63, 3.8) is 0 Å². The van der Waals surface area contributed by atoms with Crippen molar-refractivity contribution in [3.05, 3.63) is 33.0 Å². The molecule has 26 heavy (non-hydrogen) atoms. The number of halogens is 1. The number of hydrogen-bond donors (Lipinski definition) is 0. The van der Waals surface area contributed by atoms with Crippen LogP contribution < -0.4 is 5.56 Å². The SMILES string of the molecule is CCn1c(SCC(=O)N2CC(C)CC(C)C2)nc2ccc(Br)cc2c1=O. The van der Waals surface area contributed by atoms with Crippen LogP contribution in [0.1, 0.15) is 27.2 Å². The Balaban J connectivity index is 1.81. The number of fused-ring (bicyclic) bond motifs is 1. The molecule has 0 bridgehead atoms. The van der Waals surface area contributed by atoms with Crippen molar-refractivity contribution in [1.29, 1.82) is 0 Å². The maximum absolute atomic E-state index is 12.8. The predicted octanol–water partition coefficient (Wildman–Crippen LogP) is 3.78. The molecule has 1 amide bonds. The van der Waals surface area contributed by atoms with Crippen molar-refractivity contribution < 1.29 is 4.79 Å². The lowest BCUT2D eigenvalue weighted by Crippen LogP contribution is -2.43. The number of piperidine rings is 1. The Bertz CT molecular complexity index is 873. The molecule has 2 atom stereocenters. The fraction of sp³-hybridized carbons (Fsp3) is 0.526. The van der Waals surface area contributed by atoms with Crippen molar-refractivity contribution in [2.24, 2.45) is 11.8 Å². The monoisotopic (exact) mass is 437 g/mol. The second kappa shape index (κ2) is 8.13. The Morgan fingerprint density at radius 2 is 2.00 bits per heavy atom. The standard InChI is InChI=1S/C19H24BrN3O2S/c1-4-23-18(25)15-8-14(20)5-6-16(15)21-19(23)26-11-17(24)22-9-12(2)7-13(3)10-22/h5-6,8,12-13H,4,7,9-11H2,1-3H3. The number of carbonyl (C=O) groups is 1. The van der Waals surface area contributed by atoms with E-state index in [2.05, 4.69) is 34.8 Å². The largest absolute Gasteiger partial charge is 0.341 e. The molecule has 1 fully saturated rings. The van der Waals surface area contributed by atoms with Gasteiger partial charge in [-0.15, -0.1) is 0 Å². The zero-order chi connectivity index (χ0) is 18.8. The molecule has 0 aliphatic carbocycles. The smallest absolute Gasteiger partial charge is 0.262 e. The number of likely N-dealkylation sites (tertiary alicyclic amines) is 1. The van der Waals surface area contributed by atoms with Crippen LogP contribution >= 0.6 is 27.7 Å². The highest BCUT2D eigenvalue weighted by Crippen LogP contribution is 2.24. The molecule has 1 aromatic carbocycles. The van der Waals surface area contributed by atoms with Gasteiger partial charge in [0.1, 0.15) is 0 Å². The fourth-order valence-electron chi connectivity index (χ4n) is 3.65. The molecule has 0 N–H and O–H groups in total. The third-order valence-corrected chi connectivity index (χ3v) is 6.20. The Hall–Kier alpha value is -1.34. The summed E-state index contributed by atoms with van der Waals surface area (Å²) in [6.07, 6.45) is 1.17. The minimum absolute atomic E-state index is 0.0611. The van der Waals surface area contributed by atoms with Crippen LogP contribution in [0.25, 0.3) is 10.9 Å². The number of carbonyl (C=O) groups excluding carboxylic acids is 1. The first-order chi connectivity index (χ1) is 12.4. The van der Waals surface area contributed by atoms with E-state index in [0.717, 1.165) is 17.6 Å². The summed E-state index contributed by atoms with van der Waals surface area (Å²) in [5.74, 6) is 1.52. The molecule has 0 spiro atoms. The van der Waals surface area contributed by atoms with Crippen LogP contribution in [0.15, 0.2) is 32.6 Å². The van der Waals surface area contributed by atoms with Crippen LogP contribution in [0.5, 0.6) is 0 Å². The minimum Gasteiger partial charge on any atom is -0.341 e. The average molecular weight is 438 g/mol. The number of nitrogens with zero attached hydrogens (tertiary/aromatic N) is 3. The van der Waals surface area contributed by atoms with Crippen molar-refractivity contribution in [2.75, 3.05) is 18.8 Å². The van der Waals surface area contributed by atoms with Gasteiger partial charge in [-0.3, -0.25) is 14.2 Å². The van der Waals surface area contributed by atoms with Gasteiger partial charge in [-0.1, -0.05) is 41.5 Å². The van der Waals surface area contributed by atoms with Gasteiger partial charge in [0.25, 0.3) is 5.56 Å². The molecule has 140 valence electrons. The highest BCUT2D eigenvalue weighted by atomic mass is 79.9. The normalized spacial score (nSPS) is 20.5. The van der Waals surface area contributed by atoms with Gasteiger partial charge in [0.05, 0.1) is 16.7 Å². The van der Waals surface area contributed by atoms with Crippen molar-refractivity contribution in [3.8, 4) is 0 Å². The zero-order valence-electron chi connectivity index (χ0n) is 15.4. The molecule has 1 aromatic heterocycles. The van der Waals surface area contributed by atoms with Gasteiger partial charge in [-0.2, -0.15) is 0 Å². The highest BCUT2D eigenvalue weighted by molar-refractivity contribution is 9.10. The third-order valence-electron chi connectivity index (χ3n) is 4.74. The van der Waals surface area contributed by atoms with E-state index < -0.39 is 0 Å². The van der Waals surface area contributed by atoms with E-state index in [9.17, 15) is 9.59 Å². The number of hydrogen-bond acceptors (Lipinski definition) is 4. The number of aromatic nitrogens is 2. The summed E-state index contributed by atoms with van der Waals surface area (Å²) in [6.45, 7) is 8.49. The lowest BCUT2D eigenvalue weighted by atomic mass is 9.92. The quantitative estimate of drug-likeness (QED) is 0.539. The lowest BCUT2D eigenvalue weighted by molar-refractivity contribution is -0.130. The molecule has 2 unspecified atom stereocenters. The molecule has 0 saturated carbocycles. The average Bonchev–Trinajstić information content (AvgIpc) is 2.59. The molecular weight excluding hydrogens is 414 g/mol. The number of amides is 1. The van der Waals surface area contributed by atoms with Crippen LogP contribution in [0.4, 0.5) is 0 Å². The van der Waals surface area contributed by atoms with E-state index >= 15 is 0 Å². The van der Waals surface area contributed by atoms with Crippen LogP contribution in [0, 0.1) is 11.8 Å². The zero-order valence-corrected chi connectivity index (χ0v) is 17.8. The Morgan fingerprint density at radius 3 is 2.65 bits per heavy atom. The van der Waals surface area contributed by atoms with Gasteiger partial charge in [0.2, 0.25) is 5.91 Å². The number of thioether (sulfide) groups is 1. The summed E-state index contributed by atoms with van der Waals surface area (Å²) >= 11 is 4.76. The van der Waals surface area contributed by atoms with E-state index in [4.69, 9.17) is 0 Å². The second-order valence-corrected chi connectivity index (χ2v) is 9.00. The van der Waals surface area contributed by atoms with Gasteiger partial charge >= 0.3 is 0 Å². The first-order valence-electron chi connectivity index (χ1n) is 8.99. The molecule has 1 aliphatic rings.